The summed E-state index contributed by atoms with van der Waals surface area (Å²) in [5.41, 5.74) is 1.10. The number of rotatable bonds is 5. The lowest BCUT2D eigenvalue weighted by molar-refractivity contribution is 0.0696. The van der Waals surface area contributed by atoms with Gasteiger partial charge in [-0.05, 0) is 35.0 Å². The maximum absolute atomic E-state index is 12.3. The van der Waals surface area contributed by atoms with Gasteiger partial charge in [0.05, 0.1) is 16.3 Å². The van der Waals surface area contributed by atoms with Gasteiger partial charge in [0.2, 0.25) is 0 Å². The molecule has 124 valence electrons. The van der Waals surface area contributed by atoms with Crippen LogP contribution in [0.3, 0.4) is 0 Å². The van der Waals surface area contributed by atoms with Crippen LogP contribution < -0.4 is 5.32 Å². The molecule has 0 fully saturated rings. The number of ketones is 1. The zero-order valence-electron chi connectivity index (χ0n) is 13.1. The molecule has 0 amide bonds. The summed E-state index contributed by atoms with van der Waals surface area (Å²) in [6.45, 7) is 0. The Balaban J connectivity index is 1.76. The number of benzene rings is 3. The molecule has 0 saturated carbocycles. The summed E-state index contributed by atoms with van der Waals surface area (Å²) < 4.78 is 0. The van der Waals surface area contributed by atoms with E-state index < -0.39 is 5.97 Å². The van der Waals surface area contributed by atoms with Crippen LogP contribution in [0.5, 0.6) is 0 Å². The van der Waals surface area contributed by atoms with Gasteiger partial charge in [-0.1, -0.05) is 48.0 Å². The molecule has 0 spiro atoms. The number of hydrogen-bond donors (Lipinski definition) is 2. The molecule has 0 aliphatic heterocycles. The zero-order chi connectivity index (χ0) is 17.8. The van der Waals surface area contributed by atoms with E-state index >= 15 is 0 Å². The quantitative estimate of drug-likeness (QED) is 0.501. The van der Waals surface area contributed by atoms with Crippen LogP contribution in [0.4, 0.5) is 5.69 Å². The molecule has 0 bridgehead atoms. The molecule has 2 N–H and O–H groups in total. The van der Waals surface area contributed by atoms with Crippen LogP contribution in [0.25, 0.3) is 10.8 Å². The third kappa shape index (κ3) is 3.87. The highest BCUT2D eigenvalue weighted by molar-refractivity contribution is 6.33. The second-order valence-corrected chi connectivity index (χ2v) is 5.81. The van der Waals surface area contributed by atoms with Gasteiger partial charge in [-0.3, -0.25) is 4.79 Å². The third-order valence-electron chi connectivity index (χ3n) is 3.72. The Morgan fingerprint density at radius 2 is 1.64 bits per heavy atom. The highest BCUT2D eigenvalue weighted by atomic mass is 35.5. The number of anilines is 1. The van der Waals surface area contributed by atoms with Crippen molar-refractivity contribution in [2.24, 2.45) is 0 Å². The van der Waals surface area contributed by atoms with Crippen LogP contribution in [-0.4, -0.2) is 16.9 Å². The minimum absolute atomic E-state index is 0.112. The number of nitrogens with one attached hydrogen (secondary N) is 1. The summed E-state index contributed by atoms with van der Waals surface area (Å²) in [6, 6.07) is 17.6. The van der Waals surface area contributed by atoms with Crippen molar-refractivity contribution in [3.05, 3.63) is 89.1 Å². The molecule has 25 heavy (non-hydrogen) atoms. The van der Waals surface area contributed by atoms with Crippen LogP contribution in [0.2, 0.25) is 5.02 Å². The molecule has 0 aromatic heterocycles. The van der Waals surface area contributed by atoms with Crippen molar-refractivity contribution in [3.8, 4) is 0 Å². The lowest BCUT2D eigenvalue weighted by Gasteiger charge is -2.05. The number of carboxylic acid groups (broad SMARTS) is 1. The summed E-state index contributed by atoms with van der Waals surface area (Å²) in [6.07, 6.45) is 2.83. The number of allylic oxidation sites excluding steroid dienone is 1. The fraction of sp³-hybridized carbons (Fsp3) is 0. The van der Waals surface area contributed by atoms with Crippen molar-refractivity contribution in [1.82, 2.24) is 0 Å². The fourth-order valence-corrected chi connectivity index (χ4v) is 2.59. The van der Waals surface area contributed by atoms with Crippen LogP contribution in [-0.2, 0) is 0 Å². The summed E-state index contributed by atoms with van der Waals surface area (Å²) >= 11 is 6.02. The average Bonchev–Trinajstić information content (AvgIpc) is 2.62. The number of halogens is 1. The van der Waals surface area contributed by atoms with E-state index in [4.69, 9.17) is 16.7 Å². The Kier molecular flexibility index (Phi) is 4.82. The summed E-state index contributed by atoms with van der Waals surface area (Å²) in [5, 5.41) is 14.3. The highest BCUT2D eigenvalue weighted by Crippen LogP contribution is 2.23. The van der Waals surface area contributed by atoms with Gasteiger partial charge in [0.15, 0.2) is 5.78 Å². The average molecular weight is 352 g/mol. The van der Waals surface area contributed by atoms with Gasteiger partial charge in [-0.15, -0.1) is 0 Å². The third-order valence-corrected chi connectivity index (χ3v) is 4.05. The lowest BCUT2D eigenvalue weighted by Crippen LogP contribution is -1.99. The minimum atomic E-state index is -1.05. The molecule has 3 rings (SSSR count). The van der Waals surface area contributed by atoms with Crippen molar-refractivity contribution in [3.63, 3.8) is 0 Å². The lowest BCUT2D eigenvalue weighted by atomic mass is 10.0. The van der Waals surface area contributed by atoms with E-state index in [-0.39, 0.29) is 11.3 Å². The monoisotopic (exact) mass is 351 g/mol. The first-order valence-electron chi connectivity index (χ1n) is 7.53. The number of aromatic carboxylic acids is 1. The number of hydrogen-bond acceptors (Lipinski definition) is 3. The largest absolute Gasteiger partial charge is 0.478 e. The highest BCUT2D eigenvalue weighted by Gasteiger charge is 2.07. The van der Waals surface area contributed by atoms with E-state index in [0.29, 0.717) is 16.3 Å². The molecule has 3 aromatic carbocycles. The van der Waals surface area contributed by atoms with Crippen molar-refractivity contribution in [1.29, 1.82) is 0 Å². The van der Waals surface area contributed by atoms with Crippen LogP contribution >= 0.6 is 11.6 Å². The first-order valence-corrected chi connectivity index (χ1v) is 7.91. The summed E-state index contributed by atoms with van der Waals surface area (Å²) in [4.78, 5) is 23.3. The zero-order valence-corrected chi connectivity index (χ0v) is 13.8. The Hall–Kier alpha value is -3.11. The first-order chi connectivity index (χ1) is 12.0. The van der Waals surface area contributed by atoms with Crippen LogP contribution in [0.15, 0.2) is 72.9 Å². The van der Waals surface area contributed by atoms with Gasteiger partial charge < -0.3 is 10.4 Å². The van der Waals surface area contributed by atoms with Crippen molar-refractivity contribution in [2.75, 3.05) is 5.32 Å². The molecule has 0 unspecified atom stereocenters. The van der Waals surface area contributed by atoms with E-state index in [1.54, 1.807) is 6.07 Å². The molecule has 0 heterocycles. The predicted octanol–water partition coefficient (Wildman–Crippen LogP) is 5.00. The molecule has 0 aliphatic rings. The normalized spacial score (nSPS) is 10.9. The molecule has 0 aliphatic carbocycles. The van der Waals surface area contributed by atoms with E-state index in [1.807, 2.05) is 36.4 Å². The predicted molar refractivity (Wildman–Crippen MR) is 99.5 cm³/mol. The SMILES string of the molecule is O=C(O)c1ccc(Cl)c(N/C=C\C(=O)c2ccc3ccccc3c2)c1. The van der Waals surface area contributed by atoms with E-state index in [2.05, 4.69) is 5.32 Å². The van der Waals surface area contributed by atoms with Crippen molar-refractivity contribution in [2.45, 2.75) is 0 Å². The van der Waals surface area contributed by atoms with Gasteiger partial charge in [-0.25, -0.2) is 4.79 Å². The Bertz CT molecular complexity index is 995. The second kappa shape index (κ2) is 7.20. The molecule has 5 heteroatoms. The first kappa shape index (κ1) is 16.7. The molecule has 3 aromatic rings. The van der Waals surface area contributed by atoms with E-state index in [9.17, 15) is 9.59 Å². The number of carbonyl (C=O) groups excluding carboxylic acids is 1. The van der Waals surface area contributed by atoms with Crippen molar-refractivity contribution >= 4 is 39.8 Å². The summed E-state index contributed by atoms with van der Waals surface area (Å²) in [5.74, 6) is -1.21. The number of fused-ring (bicyclic) bond motifs is 1. The number of carbonyl (C=O) groups is 2. The van der Waals surface area contributed by atoms with Crippen LogP contribution in [0, 0.1) is 0 Å². The fourth-order valence-electron chi connectivity index (χ4n) is 2.41. The van der Waals surface area contributed by atoms with Crippen LogP contribution in [0.1, 0.15) is 20.7 Å². The van der Waals surface area contributed by atoms with Gasteiger partial charge in [-0.2, -0.15) is 0 Å². The van der Waals surface area contributed by atoms with Gasteiger partial charge >= 0.3 is 5.97 Å². The molecule has 0 saturated heterocycles. The molecular formula is C20H14ClNO3. The Morgan fingerprint density at radius 3 is 2.40 bits per heavy atom. The molecular weight excluding hydrogens is 338 g/mol. The maximum atomic E-state index is 12.3. The van der Waals surface area contributed by atoms with Gasteiger partial charge in [0, 0.05) is 17.8 Å². The topological polar surface area (TPSA) is 66.4 Å². The van der Waals surface area contributed by atoms with Gasteiger partial charge in [0.25, 0.3) is 0 Å². The van der Waals surface area contributed by atoms with Gasteiger partial charge in [0.1, 0.15) is 0 Å². The standard InChI is InChI=1S/C20H14ClNO3/c21-17-8-7-16(20(24)25)12-18(17)22-10-9-19(23)15-6-5-13-3-1-2-4-14(13)11-15/h1-12,22H,(H,24,25)/b10-9-. The molecule has 4 nitrogen and oxygen atoms in total. The van der Waals surface area contributed by atoms with E-state index in [0.717, 1.165) is 10.8 Å². The summed E-state index contributed by atoms with van der Waals surface area (Å²) in [7, 11) is 0. The Morgan fingerprint density at radius 1 is 0.920 bits per heavy atom. The molecule has 0 radical (unpaired) electrons. The van der Waals surface area contributed by atoms with E-state index in [1.165, 1.54) is 30.5 Å². The maximum Gasteiger partial charge on any atom is 0.335 e. The minimum Gasteiger partial charge on any atom is -0.478 e. The van der Waals surface area contributed by atoms with Crippen molar-refractivity contribution < 1.29 is 14.7 Å². The number of carboxylic acids is 1. The molecule has 0 atom stereocenters. The second-order valence-electron chi connectivity index (χ2n) is 5.40. The smallest absolute Gasteiger partial charge is 0.335 e. The Labute approximate surface area is 149 Å².